The van der Waals surface area contributed by atoms with E-state index in [1.807, 2.05) is 84.9 Å². The second-order valence-electron chi connectivity index (χ2n) is 5.42. The molecule has 0 aromatic heterocycles. The van der Waals surface area contributed by atoms with Crippen LogP contribution in [0.2, 0.25) is 0 Å². The summed E-state index contributed by atoms with van der Waals surface area (Å²) in [7, 11) is -2.08. The van der Waals surface area contributed by atoms with E-state index in [-0.39, 0.29) is 0 Å². The highest BCUT2D eigenvalue weighted by molar-refractivity contribution is 7.84. The molecule has 2 atom stereocenters. The summed E-state index contributed by atoms with van der Waals surface area (Å²) >= 11 is 0. The molecule has 0 aliphatic carbocycles. The minimum Gasteiger partial charge on any atom is -0.254 e. The fourth-order valence-corrected chi connectivity index (χ4v) is 4.59. The van der Waals surface area contributed by atoms with E-state index in [4.69, 9.17) is 0 Å². The normalized spacial score (nSPS) is 13.3. The van der Waals surface area contributed by atoms with Gasteiger partial charge in [-0.25, -0.2) is 0 Å². The standard InChI is InChI=1S/C20H18O2S2/c21-23(19-7-3-1-4-8-19)15-17-11-13-18(14-12-17)16-24(22)20-9-5-2-6-10-20/h1-14H,15-16H2. The first-order valence-electron chi connectivity index (χ1n) is 7.67. The van der Waals surface area contributed by atoms with E-state index in [1.54, 1.807) is 0 Å². The summed E-state index contributed by atoms with van der Waals surface area (Å²) in [5.41, 5.74) is 2.04. The molecular formula is C20H18O2S2. The average Bonchev–Trinajstić information content (AvgIpc) is 2.65. The van der Waals surface area contributed by atoms with Crippen LogP contribution in [0.5, 0.6) is 0 Å². The van der Waals surface area contributed by atoms with Crippen LogP contribution in [-0.2, 0) is 33.1 Å². The summed E-state index contributed by atoms with van der Waals surface area (Å²) in [6.07, 6.45) is 0. The molecule has 3 aromatic carbocycles. The Morgan fingerprint density at radius 3 is 1.17 bits per heavy atom. The SMILES string of the molecule is O=S(Cc1ccc(CS(=O)c2ccccc2)cc1)c1ccccc1. The average molecular weight is 354 g/mol. The second kappa shape index (κ2) is 8.18. The predicted molar refractivity (Wildman–Crippen MR) is 99.6 cm³/mol. The van der Waals surface area contributed by atoms with Gasteiger partial charge in [0.25, 0.3) is 0 Å². The van der Waals surface area contributed by atoms with Crippen LogP contribution in [0.4, 0.5) is 0 Å². The molecule has 0 heterocycles. The maximum Gasteiger partial charge on any atom is 0.0574 e. The molecule has 3 rings (SSSR count). The molecule has 0 aliphatic rings. The van der Waals surface area contributed by atoms with E-state index in [2.05, 4.69) is 0 Å². The first-order chi connectivity index (χ1) is 11.7. The van der Waals surface area contributed by atoms with Crippen molar-refractivity contribution in [1.29, 1.82) is 0 Å². The van der Waals surface area contributed by atoms with Gasteiger partial charge in [0.15, 0.2) is 0 Å². The monoisotopic (exact) mass is 354 g/mol. The van der Waals surface area contributed by atoms with Gasteiger partial charge in [-0.1, -0.05) is 60.7 Å². The van der Waals surface area contributed by atoms with E-state index >= 15 is 0 Å². The zero-order chi connectivity index (χ0) is 16.8. The number of hydrogen-bond acceptors (Lipinski definition) is 2. The first-order valence-corrected chi connectivity index (χ1v) is 10.3. The third-order valence-corrected chi connectivity index (χ3v) is 6.42. The lowest BCUT2D eigenvalue weighted by molar-refractivity contribution is 0.681. The molecule has 0 saturated heterocycles. The number of hydrogen-bond donors (Lipinski definition) is 0. The van der Waals surface area contributed by atoms with Gasteiger partial charge in [0.05, 0.1) is 33.1 Å². The lowest BCUT2D eigenvalue weighted by Gasteiger charge is -2.05. The van der Waals surface area contributed by atoms with Crippen molar-refractivity contribution in [2.45, 2.75) is 21.3 Å². The minimum atomic E-state index is -1.04. The van der Waals surface area contributed by atoms with Crippen LogP contribution in [0.1, 0.15) is 11.1 Å². The molecule has 0 amide bonds. The molecule has 2 unspecified atom stereocenters. The van der Waals surface area contributed by atoms with Gasteiger partial charge in [0, 0.05) is 9.79 Å². The molecule has 4 heteroatoms. The Labute approximate surface area is 147 Å². The third-order valence-electron chi connectivity index (χ3n) is 3.63. The van der Waals surface area contributed by atoms with Crippen LogP contribution >= 0.6 is 0 Å². The maximum atomic E-state index is 12.3. The molecule has 0 saturated carbocycles. The van der Waals surface area contributed by atoms with Crippen molar-refractivity contribution in [3.63, 3.8) is 0 Å². The summed E-state index contributed by atoms with van der Waals surface area (Å²) in [5.74, 6) is 0.984. The summed E-state index contributed by atoms with van der Waals surface area (Å²) in [4.78, 5) is 1.68. The van der Waals surface area contributed by atoms with Crippen LogP contribution in [-0.4, -0.2) is 8.42 Å². The van der Waals surface area contributed by atoms with Crippen molar-refractivity contribution in [3.8, 4) is 0 Å². The van der Waals surface area contributed by atoms with E-state index in [0.717, 1.165) is 20.9 Å². The Hall–Kier alpha value is -2.04. The van der Waals surface area contributed by atoms with Gasteiger partial charge in [-0.3, -0.25) is 8.42 Å². The van der Waals surface area contributed by atoms with Gasteiger partial charge < -0.3 is 0 Å². The predicted octanol–water partition coefficient (Wildman–Crippen LogP) is 4.30. The highest BCUT2D eigenvalue weighted by Crippen LogP contribution is 2.15. The first kappa shape index (κ1) is 16.8. The molecule has 2 nitrogen and oxygen atoms in total. The van der Waals surface area contributed by atoms with E-state index in [1.165, 1.54) is 0 Å². The van der Waals surface area contributed by atoms with Gasteiger partial charge in [-0.05, 0) is 35.4 Å². The largest absolute Gasteiger partial charge is 0.254 e. The fraction of sp³-hybridized carbons (Fsp3) is 0.100. The lowest BCUT2D eigenvalue weighted by Crippen LogP contribution is -1.98. The minimum absolute atomic E-state index is 0.492. The summed E-state index contributed by atoms with van der Waals surface area (Å²) in [6.45, 7) is 0. The molecule has 24 heavy (non-hydrogen) atoms. The molecule has 3 aromatic rings. The topological polar surface area (TPSA) is 34.1 Å². The van der Waals surface area contributed by atoms with Crippen LogP contribution < -0.4 is 0 Å². The second-order valence-corrected chi connectivity index (χ2v) is 8.32. The number of benzene rings is 3. The molecular weight excluding hydrogens is 336 g/mol. The number of rotatable bonds is 6. The molecule has 0 bridgehead atoms. The molecule has 0 radical (unpaired) electrons. The van der Waals surface area contributed by atoms with Crippen molar-refractivity contribution in [2.24, 2.45) is 0 Å². The fourth-order valence-electron chi connectivity index (χ4n) is 2.35. The van der Waals surface area contributed by atoms with E-state index in [0.29, 0.717) is 11.5 Å². The van der Waals surface area contributed by atoms with E-state index in [9.17, 15) is 8.42 Å². The van der Waals surface area contributed by atoms with Crippen molar-refractivity contribution in [1.82, 2.24) is 0 Å². The maximum absolute atomic E-state index is 12.3. The Morgan fingerprint density at radius 1 is 0.500 bits per heavy atom. The molecule has 0 N–H and O–H groups in total. The summed E-state index contributed by atoms with van der Waals surface area (Å²) in [5, 5.41) is 0. The summed E-state index contributed by atoms with van der Waals surface area (Å²) in [6, 6.07) is 26.8. The Morgan fingerprint density at radius 2 is 0.833 bits per heavy atom. The smallest absolute Gasteiger partial charge is 0.0574 e. The van der Waals surface area contributed by atoms with Gasteiger partial charge >= 0.3 is 0 Å². The third kappa shape index (κ3) is 4.49. The van der Waals surface area contributed by atoms with Crippen LogP contribution in [0.3, 0.4) is 0 Å². The molecule has 0 fully saturated rings. The molecule has 0 spiro atoms. The zero-order valence-corrected chi connectivity index (χ0v) is 14.8. The van der Waals surface area contributed by atoms with Gasteiger partial charge in [0.2, 0.25) is 0 Å². The van der Waals surface area contributed by atoms with Crippen molar-refractivity contribution in [3.05, 3.63) is 96.1 Å². The highest BCUT2D eigenvalue weighted by Gasteiger charge is 2.07. The quantitative estimate of drug-likeness (QED) is 0.661. The molecule has 0 aliphatic heterocycles. The van der Waals surface area contributed by atoms with Crippen molar-refractivity contribution >= 4 is 21.6 Å². The summed E-state index contributed by atoms with van der Waals surface area (Å²) < 4.78 is 24.6. The highest BCUT2D eigenvalue weighted by atomic mass is 32.2. The zero-order valence-electron chi connectivity index (χ0n) is 13.1. The Kier molecular flexibility index (Phi) is 5.72. The van der Waals surface area contributed by atoms with Crippen LogP contribution in [0.25, 0.3) is 0 Å². The van der Waals surface area contributed by atoms with E-state index < -0.39 is 21.6 Å². The Balaban J connectivity index is 1.63. The van der Waals surface area contributed by atoms with Crippen LogP contribution in [0.15, 0.2) is 94.7 Å². The molecule has 122 valence electrons. The van der Waals surface area contributed by atoms with Gasteiger partial charge in [-0.2, -0.15) is 0 Å². The van der Waals surface area contributed by atoms with Crippen molar-refractivity contribution in [2.75, 3.05) is 0 Å². The lowest BCUT2D eigenvalue weighted by atomic mass is 10.2. The van der Waals surface area contributed by atoms with Crippen LogP contribution in [0, 0.1) is 0 Å². The Bertz CT molecular complexity index is 756. The van der Waals surface area contributed by atoms with Gasteiger partial charge in [-0.15, -0.1) is 0 Å². The van der Waals surface area contributed by atoms with Crippen molar-refractivity contribution < 1.29 is 8.42 Å². The van der Waals surface area contributed by atoms with Gasteiger partial charge in [0.1, 0.15) is 0 Å².